The van der Waals surface area contributed by atoms with E-state index in [1.807, 2.05) is 108 Å². The molecule has 0 unspecified atom stereocenters. The lowest BCUT2D eigenvalue weighted by Gasteiger charge is -2.33. The Labute approximate surface area is 409 Å². The van der Waals surface area contributed by atoms with E-state index in [2.05, 4.69) is 30.9 Å². The normalized spacial score (nSPS) is 19.3. The van der Waals surface area contributed by atoms with Crippen LogP contribution in [0.5, 0.6) is 0 Å². The molecular weight excluding hydrogens is 917 g/mol. The van der Waals surface area contributed by atoms with Crippen LogP contribution in [0.1, 0.15) is 105 Å². The summed E-state index contributed by atoms with van der Waals surface area (Å²) in [6.07, 6.45) is -1.08. The van der Waals surface area contributed by atoms with E-state index in [1.54, 1.807) is 46.6 Å². The third-order valence-electron chi connectivity index (χ3n) is 12.9. The third kappa shape index (κ3) is 11.2. The maximum absolute atomic E-state index is 14.6. The van der Waals surface area contributed by atoms with Gasteiger partial charge >= 0.3 is 0 Å². The molecular formula is C51H60N8O8S2. The molecule has 2 saturated heterocycles. The summed E-state index contributed by atoms with van der Waals surface area (Å²) in [7, 11) is 0. The molecule has 4 amide bonds. The van der Waals surface area contributed by atoms with Gasteiger partial charge in [0.25, 0.3) is 0 Å². The van der Waals surface area contributed by atoms with Crippen molar-refractivity contribution in [1.82, 2.24) is 40.7 Å². The third-order valence-corrected chi connectivity index (χ3v) is 14.9. The highest BCUT2D eigenvalue weighted by Gasteiger charge is 2.47. The van der Waals surface area contributed by atoms with Crippen LogP contribution in [-0.2, 0) is 43.6 Å². The number of carbonyl (C=O) groups excluding carboxylic acids is 4. The Morgan fingerprint density at radius 2 is 1.29 bits per heavy atom. The average Bonchev–Trinajstić information content (AvgIpc) is 4.19. The smallest absolute Gasteiger partial charge is 0.243 e. The summed E-state index contributed by atoms with van der Waals surface area (Å²) in [5, 5.41) is 25.1. The molecule has 4 aromatic heterocycles. The highest BCUT2D eigenvalue weighted by atomic mass is 32.1. The zero-order valence-corrected chi connectivity index (χ0v) is 41.9. The first-order chi connectivity index (χ1) is 32.9. The summed E-state index contributed by atoms with van der Waals surface area (Å²) in [5.41, 5.74) is 9.96. The molecule has 69 heavy (non-hydrogen) atoms. The van der Waals surface area contributed by atoms with Crippen LogP contribution in [0, 0.1) is 32.1 Å². The van der Waals surface area contributed by atoms with Gasteiger partial charge in [0.1, 0.15) is 41.1 Å². The molecule has 0 saturated carbocycles. The minimum atomic E-state index is -0.873. The van der Waals surface area contributed by atoms with Gasteiger partial charge in [0.2, 0.25) is 23.6 Å². The fraction of sp³-hybridized carbons (Fsp3) is 0.451. The van der Waals surface area contributed by atoms with Crippen LogP contribution in [0.4, 0.5) is 0 Å². The number of aryl methyl sites for hydroxylation is 3. The van der Waals surface area contributed by atoms with Gasteiger partial charge in [-0.15, -0.1) is 22.7 Å². The zero-order valence-electron chi connectivity index (χ0n) is 40.2. The summed E-state index contributed by atoms with van der Waals surface area (Å²) in [5.74, 6) is -2.34. The number of aliphatic hydroxyl groups excluding tert-OH is 1. The van der Waals surface area contributed by atoms with E-state index in [9.17, 15) is 24.3 Å². The van der Waals surface area contributed by atoms with Gasteiger partial charge < -0.3 is 39.3 Å². The molecule has 3 N–H and O–H groups in total. The SMILES string of the molecule is Cc1cc([C@H](C(=O)N2C[C@H](OCc3cc([C@H](C(=O)N4C[C@H](O)C[C@H]4C(=O)NCc4ccc(-c5scnc5C)cc4)C(C)C)on3)C[C@H]2C(=O)NCc2ccc(-c3scnc3C)cc2)C(C)(C)C)on1. The number of hydrogen-bond acceptors (Lipinski definition) is 14. The number of ether oxygens (including phenoxy) is 1. The van der Waals surface area contributed by atoms with E-state index in [4.69, 9.17) is 13.8 Å². The molecule has 16 nitrogen and oxygen atoms in total. The largest absolute Gasteiger partial charge is 0.391 e. The Balaban J connectivity index is 0.925. The van der Waals surface area contributed by atoms with Gasteiger partial charge in [0.05, 0.1) is 56.7 Å². The topological polar surface area (TPSA) is 206 Å². The van der Waals surface area contributed by atoms with Crippen LogP contribution in [-0.4, -0.2) is 96.2 Å². The van der Waals surface area contributed by atoms with Crippen LogP contribution in [0.3, 0.4) is 0 Å². The minimum absolute atomic E-state index is 0.00437. The predicted molar refractivity (Wildman–Crippen MR) is 261 cm³/mol. The van der Waals surface area contributed by atoms with Crippen molar-refractivity contribution >= 4 is 46.3 Å². The molecule has 2 aromatic carbocycles. The number of nitrogens with one attached hydrogen (secondary N) is 2. The first-order valence-corrected chi connectivity index (χ1v) is 25.0. The second-order valence-electron chi connectivity index (χ2n) is 19.5. The molecule has 0 spiro atoms. The van der Waals surface area contributed by atoms with Gasteiger partial charge in [-0.25, -0.2) is 9.97 Å². The zero-order chi connectivity index (χ0) is 49.1. The van der Waals surface area contributed by atoms with Crippen molar-refractivity contribution in [2.75, 3.05) is 13.1 Å². The molecule has 364 valence electrons. The Kier molecular flexibility index (Phi) is 14.9. The molecule has 2 aliphatic rings. The number of amides is 4. The van der Waals surface area contributed by atoms with Gasteiger partial charge in [-0.05, 0) is 54.4 Å². The van der Waals surface area contributed by atoms with Crippen molar-refractivity contribution in [1.29, 1.82) is 0 Å². The van der Waals surface area contributed by atoms with Crippen molar-refractivity contribution in [2.45, 2.75) is 124 Å². The highest BCUT2D eigenvalue weighted by Crippen LogP contribution is 2.40. The van der Waals surface area contributed by atoms with Crippen LogP contribution >= 0.6 is 22.7 Å². The molecule has 18 heteroatoms. The fourth-order valence-electron chi connectivity index (χ4n) is 9.30. The highest BCUT2D eigenvalue weighted by molar-refractivity contribution is 7.13. The second-order valence-corrected chi connectivity index (χ2v) is 21.3. The first kappa shape index (κ1) is 49.3. The van der Waals surface area contributed by atoms with E-state index in [0.29, 0.717) is 22.9 Å². The molecule has 6 heterocycles. The Morgan fingerprint density at radius 3 is 1.78 bits per heavy atom. The van der Waals surface area contributed by atoms with Crippen LogP contribution in [0.2, 0.25) is 0 Å². The van der Waals surface area contributed by atoms with E-state index in [0.717, 1.165) is 43.4 Å². The van der Waals surface area contributed by atoms with Gasteiger partial charge in [-0.1, -0.05) is 93.5 Å². The quantitative estimate of drug-likeness (QED) is 0.0863. The van der Waals surface area contributed by atoms with Gasteiger partial charge in [-0.3, -0.25) is 19.2 Å². The number of thiazole rings is 2. The van der Waals surface area contributed by atoms with Gasteiger partial charge in [0.15, 0.2) is 0 Å². The van der Waals surface area contributed by atoms with E-state index in [-0.39, 0.29) is 75.2 Å². The number of aliphatic hydroxyl groups is 1. The number of nitrogens with zero attached hydrogens (tertiary/aromatic N) is 6. The monoisotopic (exact) mass is 976 g/mol. The average molecular weight is 977 g/mol. The van der Waals surface area contributed by atoms with Crippen molar-refractivity contribution in [2.24, 2.45) is 11.3 Å². The lowest BCUT2D eigenvalue weighted by Crippen LogP contribution is -2.49. The number of carbonyl (C=O) groups is 4. The standard InChI is InChI=1S/C51H60N8O8S2/c1-28(2)43(49(63)58-23-37(60)19-39(58)47(61)52-21-32-9-13-34(14-10-32)45-30(4)54-26-68-45)41-18-36(57-66-41)25-65-38-20-40(59(24-38)50(64)44(51(6,7)8)42-17-29(3)56-67-42)48(62)53-22-33-11-15-35(16-12-33)46-31(5)55-27-69-46/h9-18,26-28,37-40,43-44,60H,19-25H2,1-8H3,(H,52,61)(H,53,62)/t37-,38-,39+,40+,43-,44-/m1/s1. The van der Waals surface area contributed by atoms with Crippen molar-refractivity contribution < 1.29 is 38.1 Å². The number of rotatable bonds is 16. The maximum Gasteiger partial charge on any atom is 0.243 e. The lowest BCUT2D eigenvalue weighted by molar-refractivity contribution is -0.142. The minimum Gasteiger partial charge on any atom is -0.391 e. The molecule has 0 radical (unpaired) electrons. The van der Waals surface area contributed by atoms with Gasteiger partial charge in [0, 0.05) is 51.2 Å². The molecule has 2 aliphatic heterocycles. The van der Waals surface area contributed by atoms with Crippen LogP contribution in [0.15, 0.2) is 80.7 Å². The van der Waals surface area contributed by atoms with E-state index < -0.39 is 41.5 Å². The Bertz CT molecular complexity index is 2750. The van der Waals surface area contributed by atoms with E-state index >= 15 is 0 Å². The summed E-state index contributed by atoms with van der Waals surface area (Å²) >= 11 is 3.15. The van der Waals surface area contributed by atoms with Crippen molar-refractivity contribution in [3.63, 3.8) is 0 Å². The first-order valence-electron chi connectivity index (χ1n) is 23.3. The number of β-amino-alcohol motifs (C(OH)–C–C–N with tert-alkyl or cyclic N) is 1. The van der Waals surface area contributed by atoms with Crippen molar-refractivity contribution in [3.05, 3.63) is 117 Å². The molecule has 8 rings (SSSR count). The van der Waals surface area contributed by atoms with Crippen molar-refractivity contribution in [3.8, 4) is 20.9 Å². The van der Waals surface area contributed by atoms with Crippen LogP contribution < -0.4 is 10.6 Å². The molecule has 2 fully saturated rings. The van der Waals surface area contributed by atoms with Crippen LogP contribution in [0.25, 0.3) is 20.9 Å². The summed E-state index contributed by atoms with van der Waals surface area (Å²) in [6.45, 7) is 16.0. The predicted octanol–water partition coefficient (Wildman–Crippen LogP) is 7.49. The number of likely N-dealkylation sites (tertiary alicyclic amines) is 2. The molecule has 0 aliphatic carbocycles. The molecule has 6 atom stereocenters. The number of aromatic nitrogens is 4. The van der Waals surface area contributed by atoms with Gasteiger partial charge in [-0.2, -0.15) is 0 Å². The summed E-state index contributed by atoms with van der Waals surface area (Å²) < 4.78 is 17.9. The summed E-state index contributed by atoms with van der Waals surface area (Å²) in [4.78, 5) is 70.6. The van der Waals surface area contributed by atoms with E-state index in [1.165, 1.54) is 4.90 Å². The lowest BCUT2D eigenvalue weighted by atomic mass is 9.78. The molecule has 6 aromatic rings. The Hall–Kier alpha value is -6.08. The maximum atomic E-state index is 14.6. The number of hydrogen-bond donors (Lipinski definition) is 3. The Morgan fingerprint density at radius 1 is 0.754 bits per heavy atom. The number of benzene rings is 2. The second kappa shape index (κ2) is 20.9. The fourth-order valence-corrected chi connectivity index (χ4v) is 10.9. The summed E-state index contributed by atoms with van der Waals surface area (Å²) in [6, 6.07) is 17.6. The molecule has 0 bridgehead atoms.